The molecule has 2 aromatic carbocycles. The monoisotopic (exact) mass is 191 g/mol. The Morgan fingerprint density at radius 3 is 2.93 bits per heavy atom. The van der Waals surface area contributed by atoms with Gasteiger partial charge in [0.25, 0.3) is 0 Å². The smallest absolute Gasteiger partial charge is 0.0777 e. The molecule has 15 heavy (non-hydrogen) atoms. The van der Waals surface area contributed by atoms with Gasteiger partial charge in [-0.2, -0.15) is 0 Å². The summed E-state index contributed by atoms with van der Waals surface area (Å²) in [5, 5.41) is 4.63. The summed E-state index contributed by atoms with van der Waals surface area (Å²) in [6, 6.07) is 10.5. The van der Waals surface area contributed by atoms with Gasteiger partial charge in [-0.1, -0.05) is 30.4 Å². The Balaban J connectivity index is 2.60. The van der Waals surface area contributed by atoms with Crippen LogP contribution in [0, 0.1) is 0 Å². The van der Waals surface area contributed by atoms with Crippen molar-refractivity contribution in [2.45, 2.75) is 6.42 Å². The largest absolute Gasteiger partial charge is 0.188 e. The van der Waals surface area contributed by atoms with E-state index in [4.69, 9.17) is 6.58 Å². The molecule has 0 radical (unpaired) electrons. The fourth-order valence-corrected chi connectivity index (χ4v) is 2.23. The van der Waals surface area contributed by atoms with E-state index in [1.54, 1.807) is 0 Å². The lowest BCUT2D eigenvalue weighted by Crippen LogP contribution is -2.28. The molecular formula is C15H11+. The van der Waals surface area contributed by atoms with Gasteiger partial charge in [0.05, 0.1) is 11.3 Å². The minimum atomic E-state index is 0.882. The van der Waals surface area contributed by atoms with Crippen molar-refractivity contribution in [2.75, 3.05) is 0 Å². The van der Waals surface area contributed by atoms with Crippen LogP contribution < -0.4 is 10.4 Å². The molecule has 0 heteroatoms. The van der Waals surface area contributed by atoms with Gasteiger partial charge in [0.15, 0.2) is 5.22 Å². The lowest BCUT2D eigenvalue weighted by atomic mass is 9.96. The lowest BCUT2D eigenvalue weighted by Gasteiger charge is -2.03. The van der Waals surface area contributed by atoms with Crippen LogP contribution in [0.4, 0.5) is 0 Å². The molecule has 0 atom stereocenters. The van der Waals surface area contributed by atoms with E-state index in [1.165, 1.54) is 21.6 Å². The van der Waals surface area contributed by atoms with Gasteiger partial charge in [-0.25, -0.2) is 0 Å². The molecular weight excluding hydrogens is 180 g/mol. The first-order valence-corrected chi connectivity index (χ1v) is 5.16. The zero-order chi connectivity index (χ0) is 10.3. The first-order valence-electron chi connectivity index (χ1n) is 5.16. The van der Waals surface area contributed by atoms with E-state index in [-0.39, 0.29) is 0 Å². The summed E-state index contributed by atoms with van der Waals surface area (Å²) in [4.78, 5) is 0. The minimum absolute atomic E-state index is 0.882. The predicted octanol–water partition coefficient (Wildman–Crippen LogP) is 2.02. The SMILES string of the molecule is [CH+]=c1cc2ccccc2c2c1=CC=CC2. The van der Waals surface area contributed by atoms with Crippen LogP contribution in [0.2, 0.25) is 0 Å². The molecule has 1 aliphatic rings. The van der Waals surface area contributed by atoms with Crippen LogP contribution in [0.5, 0.6) is 0 Å². The average molecular weight is 191 g/mol. The highest BCUT2D eigenvalue weighted by atomic mass is 14.1. The van der Waals surface area contributed by atoms with Gasteiger partial charge >= 0.3 is 0 Å². The molecule has 0 heterocycles. The number of benzene rings is 2. The predicted molar refractivity (Wildman–Crippen MR) is 65.0 cm³/mol. The molecule has 0 spiro atoms. The van der Waals surface area contributed by atoms with Gasteiger partial charge in [-0.05, 0) is 6.07 Å². The Hall–Kier alpha value is -1.91. The van der Waals surface area contributed by atoms with E-state index < -0.39 is 0 Å². The summed E-state index contributed by atoms with van der Waals surface area (Å²) in [5.41, 5.74) is 1.35. The standard InChI is InChI=1S/C15H11/c1-11-10-12-6-2-3-8-14(12)15-9-5-4-7-13(11)15/h1-8,10H,9H2/q+1. The second-order valence-electron chi connectivity index (χ2n) is 3.88. The van der Waals surface area contributed by atoms with Crippen LogP contribution in [-0.2, 0) is 6.42 Å². The summed E-state index contributed by atoms with van der Waals surface area (Å²) in [6.07, 6.45) is 7.33. The number of fused-ring (bicyclic) bond motifs is 3. The highest BCUT2D eigenvalue weighted by Gasteiger charge is 2.10. The molecule has 0 aliphatic heterocycles. The highest BCUT2D eigenvalue weighted by Crippen LogP contribution is 2.15. The van der Waals surface area contributed by atoms with E-state index in [2.05, 4.69) is 48.6 Å². The van der Waals surface area contributed by atoms with Crippen molar-refractivity contribution >= 4 is 23.4 Å². The third-order valence-electron chi connectivity index (χ3n) is 2.95. The van der Waals surface area contributed by atoms with Crippen LogP contribution >= 0.6 is 0 Å². The molecule has 0 unspecified atom stereocenters. The maximum Gasteiger partial charge on any atom is 0.188 e. The van der Waals surface area contributed by atoms with Crippen molar-refractivity contribution in [3.05, 3.63) is 58.5 Å². The lowest BCUT2D eigenvalue weighted by molar-refractivity contribution is 1.24. The average Bonchev–Trinajstić information content (AvgIpc) is 2.30. The number of hydrogen-bond acceptors (Lipinski definition) is 0. The Bertz CT molecular complexity index is 660. The first kappa shape index (κ1) is 8.40. The summed E-state index contributed by atoms with van der Waals surface area (Å²) in [5.74, 6) is 0. The Morgan fingerprint density at radius 2 is 2.00 bits per heavy atom. The molecule has 0 bridgehead atoms. The number of hydrogen-bond donors (Lipinski definition) is 0. The molecule has 0 N–H and O–H groups in total. The molecule has 3 rings (SSSR count). The van der Waals surface area contributed by atoms with Crippen molar-refractivity contribution < 1.29 is 0 Å². The van der Waals surface area contributed by atoms with Crippen LogP contribution in [0.15, 0.2) is 42.5 Å². The van der Waals surface area contributed by atoms with Crippen molar-refractivity contribution in [3.8, 4) is 0 Å². The fraction of sp³-hybridized carbons (Fsp3) is 0.0667. The van der Waals surface area contributed by atoms with Gasteiger partial charge in [-0.3, -0.25) is 0 Å². The minimum Gasteiger partial charge on any atom is -0.0777 e. The summed E-state index contributed by atoms with van der Waals surface area (Å²) >= 11 is 0. The Morgan fingerprint density at radius 1 is 1.13 bits per heavy atom. The Labute approximate surface area is 88.9 Å². The maximum atomic E-state index is 6.04. The van der Waals surface area contributed by atoms with Gasteiger partial charge in [0.2, 0.25) is 0 Å². The van der Waals surface area contributed by atoms with Crippen molar-refractivity contribution in [1.29, 1.82) is 0 Å². The molecule has 0 saturated heterocycles. The summed E-state index contributed by atoms with van der Waals surface area (Å²) in [7, 11) is 0. The van der Waals surface area contributed by atoms with Gasteiger partial charge in [0, 0.05) is 35.4 Å². The van der Waals surface area contributed by atoms with Crippen LogP contribution in [0.3, 0.4) is 0 Å². The second kappa shape index (κ2) is 3.05. The van der Waals surface area contributed by atoms with E-state index in [1.807, 2.05) is 0 Å². The van der Waals surface area contributed by atoms with E-state index >= 15 is 0 Å². The fourth-order valence-electron chi connectivity index (χ4n) is 2.23. The van der Waals surface area contributed by atoms with Gasteiger partial charge < -0.3 is 0 Å². The molecule has 0 nitrogen and oxygen atoms in total. The molecule has 0 aromatic heterocycles. The van der Waals surface area contributed by atoms with Crippen LogP contribution in [-0.4, -0.2) is 0 Å². The molecule has 0 amide bonds. The van der Waals surface area contributed by atoms with E-state index in [0.717, 1.165) is 11.6 Å². The second-order valence-corrected chi connectivity index (χ2v) is 3.88. The molecule has 2 aromatic rings. The van der Waals surface area contributed by atoms with Crippen LogP contribution in [0.1, 0.15) is 5.56 Å². The third-order valence-corrected chi connectivity index (χ3v) is 2.95. The summed E-state index contributed by atoms with van der Waals surface area (Å²) in [6.45, 7) is 6.04. The molecule has 1 aliphatic carbocycles. The zero-order valence-corrected chi connectivity index (χ0v) is 8.40. The number of rotatable bonds is 0. The summed E-state index contributed by atoms with van der Waals surface area (Å²) < 4.78 is 0. The maximum absolute atomic E-state index is 6.04. The first-order chi connectivity index (χ1) is 7.36. The van der Waals surface area contributed by atoms with Gasteiger partial charge in [-0.15, -0.1) is 0 Å². The quantitative estimate of drug-likeness (QED) is 0.559. The van der Waals surface area contributed by atoms with E-state index in [0.29, 0.717) is 0 Å². The molecule has 70 valence electrons. The van der Waals surface area contributed by atoms with Crippen LogP contribution in [0.25, 0.3) is 23.4 Å². The zero-order valence-electron chi connectivity index (χ0n) is 8.40. The van der Waals surface area contributed by atoms with Crippen molar-refractivity contribution in [2.24, 2.45) is 0 Å². The molecule has 0 fully saturated rings. The highest BCUT2D eigenvalue weighted by molar-refractivity contribution is 5.86. The van der Waals surface area contributed by atoms with Crippen molar-refractivity contribution in [3.63, 3.8) is 0 Å². The van der Waals surface area contributed by atoms with E-state index in [9.17, 15) is 0 Å². The normalized spacial score (nSPS) is 13.5. The third kappa shape index (κ3) is 1.20. The number of allylic oxidation sites excluding steroid dienone is 2. The Kier molecular flexibility index (Phi) is 1.71. The van der Waals surface area contributed by atoms with Crippen molar-refractivity contribution in [1.82, 2.24) is 0 Å². The topological polar surface area (TPSA) is 0 Å². The van der Waals surface area contributed by atoms with Gasteiger partial charge in [0.1, 0.15) is 0 Å². The molecule has 0 saturated carbocycles.